The Bertz CT molecular complexity index is 1480. The number of nitrogens with one attached hydrogen (secondary N) is 1. The molecule has 3 aromatic carbocycles. The van der Waals surface area contributed by atoms with Gasteiger partial charge < -0.3 is 14.4 Å². The van der Waals surface area contributed by atoms with Gasteiger partial charge in [-0.25, -0.2) is 13.2 Å². The maximum absolute atomic E-state index is 12.7. The van der Waals surface area contributed by atoms with Crippen molar-refractivity contribution >= 4 is 33.2 Å². The molecule has 1 aliphatic rings. The summed E-state index contributed by atoms with van der Waals surface area (Å²) in [5.74, 6) is -0.436. The SMILES string of the molecule is CCOc1ccc(S(=O)(=O)Nc2ccc(C(=O)OCC(=O)C=C3N(C)c4ccccc4C3(C)C)cc2)cc1. The van der Waals surface area contributed by atoms with Crippen molar-refractivity contribution in [2.45, 2.75) is 31.1 Å². The number of likely N-dealkylation sites (N-methyl/N-ethyl adjacent to an activating group) is 1. The summed E-state index contributed by atoms with van der Waals surface area (Å²) in [5.41, 5.74) is 3.09. The molecule has 0 saturated carbocycles. The quantitative estimate of drug-likeness (QED) is 0.307. The largest absolute Gasteiger partial charge is 0.494 e. The fourth-order valence-electron chi connectivity index (χ4n) is 4.44. The topological polar surface area (TPSA) is 102 Å². The van der Waals surface area contributed by atoms with Gasteiger partial charge in [-0.05, 0) is 67.1 Å². The summed E-state index contributed by atoms with van der Waals surface area (Å²) in [6, 6.07) is 19.8. The van der Waals surface area contributed by atoms with Crippen molar-refractivity contribution in [3.8, 4) is 5.75 Å². The lowest BCUT2D eigenvalue weighted by Gasteiger charge is -2.23. The molecule has 0 radical (unpaired) electrons. The number of allylic oxidation sites excluding steroid dienone is 1. The van der Waals surface area contributed by atoms with Crippen molar-refractivity contribution in [3.63, 3.8) is 0 Å². The number of carbonyl (C=O) groups is 2. The van der Waals surface area contributed by atoms with Crippen molar-refractivity contribution in [2.75, 3.05) is 29.9 Å². The molecule has 9 heteroatoms. The smallest absolute Gasteiger partial charge is 0.338 e. The third-order valence-corrected chi connectivity index (χ3v) is 7.80. The molecule has 1 heterocycles. The molecule has 8 nitrogen and oxygen atoms in total. The minimum atomic E-state index is -3.82. The van der Waals surface area contributed by atoms with E-state index in [1.807, 2.05) is 57.0 Å². The van der Waals surface area contributed by atoms with Gasteiger partial charge in [-0.15, -0.1) is 0 Å². The second kappa shape index (κ2) is 10.7. The van der Waals surface area contributed by atoms with Crippen LogP contribution in [0.15, 0.2) is 89.5 Å². The van der Waals surface area contributed by atoms with Crippen LogP contribution in [0.2, 0.25) is 0 Å². The standard InChI is InChI=1S/C29H30N2O6S/c1-5-36-23-14-16-24(17-15-23)38(34,35)30-21-12-10-20(11-13-21)28(33)37-19-22(32)18-27-29(2,3)25-8-6-7-9-26(25)31(27)4/h6-18,30H,5,19H2,1-4H3. The lowest BCUT2D eigenvalue weighted by Crippen LogP contribution is -2.25. The maximum atomic E-state index is 12.7. The van der Waals surface area contributed by atoms with Crippen LogP contribution in [0.3, 0.4) is 0 Å². The van der Waals surface area contributed by atoms with Crippen LogP contribution in [-0.4, -0.2) is 40.4 Å². The average Bonchev–Trinajstić information content (AvgIpc) is 3.08. The monoisotopic (exact) mass is 534 g/mol. The first kappa shape index (κ1) is 26.9. The number of ether oxygens (including phenoxy) is 2. The molecular weight excluding hydrogens is 504 g/mol. The number of fused-ring (bicyclic) bond motifs is 1. The average molecular weight is 535 g/mol. The van der Waals surface area contributed by atoms with Gasteiger partial charge in [0.2, 0.25) is 0 Å². The lowest BCUT2D eigenvalue weighted by molar-refractivity contribution is -0.117. The van der Waals surface area contributed by atoms with Crippen LogP contribution < -0.4 is 14.4 Å². The van der Waals surface area contributed by atoms with Gasteiger partial charge in [-0.2, -0.15) is 0 Å². The fourth-order valence-corrected chi connectivity index (χ4v) is 5.50. The van der Waals surface area contributed by atoms with E-state index in [0.29, 0.717) is 12.4 Å². The van der Waals surface area contributed by atoms with E-state index in [0.717, 1.165) is 16.9 Å². The summed E-state index contributed by atoms with van der Waals surface area (Å²) < 4.78 is 38.4. The minimum Gasteiger partial charge on any atom is -0.494 e. The number of para-hydroxylation sites is 1. The number of rotatable bonds is 9. The second-order valence-electron chi connectivity index (χ2n) is 9.36. The summed E-state index contributed by atoms with van der Waals surface area (Å²) in [5, 5.41) is 0. The number of esters is 1. The number of anilines is 2. The van der Waals surface area contributed by atoms with Gasteiger partial charge in [-0.1, -0.05) is 32.0 Å². The first-order valence-electron chi connectivity index (χ1n) is 12.1. The van der Waals surface area contributed by atoms with E-state index in [2.05, 4.69) is 4.72 Å². The highest BCUT2D eigenvalue weighted by Gasteiger charge is 2.38. The normalized spacial score (nSPS) is 15.2. The zero-order valence-electron chi connectivity index (χ0n) is 21.7. The molecule has 1 N–H and O–H groups in total. The van der Waals surface area contributed by atoms with Crippen molar-refractivity contribution < 1.29 is 27.5 Å². The summed E-state index contributed by atoms with van der Waals surface area (Å²) in [6.45, 7) is 6.01. The third-order valence-electron chi connectivity index (χ3n) is 6.40. The van der Waals surface area contributed by atoms with Crippen LogP contribution >= 0.6 is 0 Å². The Morgan fingerprint density at radius 1 is 0.974 bits per heavy atom. The molecular formula is C29H30N2O6S. The molecule has 4 rings (SSSR count). The minimum absolute atomic E-state index is 0.0799. The molecule has 0 fully saturated rings. The predicted molar refractivity (Wildman–Crippen MR) is 146 cm³/mol. The molecule has 0 saturated heterocycles. The van der Waals surface area contributed by atoms with Crippen LogP contribution in [0.1, 0.15) is 36.7 Å². The zero-order valence-corrected chi connectivity index (χ0v) is 22.5. The Labute approximate surface area is 222 Å². The van der Waals surface area contributed by atoms with Gasteiger partial charge in [0.05, 0.1) is 17.1 Å². The Kier molecular flexibility index (Phi) is 7.59. The molecule has 0 amide bonds. The van der Waals surface area contributed by atoms with Crippen molar-refractivity contribution in [3.05, 3.63) is 95.7 Å². The lowest BCUT2D eigenvalue weighted by atomic mass is 9.83. The number of carbonyl (C=O) groups excluding carboxylic acids is 2. The van der Waals surface area contributed by atoms with Gasteiger partial charge in [-0.3, -0.25) is 9.52 Å². The molecule has 0 unspecified atom stereocenters. The summed E-state index contributed by atoms with van der Waals surface area (Å²) in [7, 11) is -1.91. The molecule has 0 spiro atoms. The van der Waals surface area contributed by atoms with Crippen LogP contribution in [0, 0.1) is 0 Å². The van der Waals surface area contributed by atoms with E-state index in [-0.39, 0.29) is 27.3 Å². The van der Waals surface area contributed by atoms with Gasteiger partial charge in [0, 0.05) is 35.6 Å². The molecule has 0 aromatic heterocycles. The summed E-state index contributed by atoms with van der Waals surface area (Å²) in [6.07, 6.45) is 1.52. The number of sulfonamides is 1. The zero-order chi connectivity index (χ0) is 27.5. The van der Waals surface area contributed by atoms with E-state index in [1.165, 1.54) is 42.5 Å². The number of hydrogen-bond acceptors (Lipinski definition) is 7. The molecule has 3 aromatic rings. The third kappa shape index (κ3) is 5.57. The molecule has 0 aliphatic carbocycles. The number of nitrogens with zero attached hydrogens (tertiary/aromatic N) is 1. The second-order valence-corrected chi connectivity index (χ2v) is 11.0. The van der Waals surface area contributed by atoms with Crippen LogP contribution in [-0.2, 0) is 25.0 Å². The number of hydrogen-bond donors (Lipinski definition) is 1. The van der Waals surface area contributed by atoms with Crippen molar-refractivity contribution in [1.29, 1.82) is 0 Å². The van der Waals surface area contributed by atoms with Gasteiger partial charge in [0.15, 0.2) is 12.4 Å². The highest BCUT2D eigenvalue weighted by atomic mass is 32.2. The maximum Gasteiger partial charge on any atom is 0.338 e. The summed E-state index contributed by atoms with van der Waals surface area (Å²) in [4.78, 5) is 27.2. The number of ketones is 1. The Morgan fingerprint density at radius 3 is 2.26 bits per heavy atom. The first-order chi connectivity index (χ1) is 18.0. The Morgan fingerprint density at radius 2 is 1.63 bits per heavy atom. The summed E-state index contributed by atoms with van der Waals surface area (Å²) >= 11 is 0. The van der Waals surface area contributed by atoms with E-state index in [1.54, 1.807) is 12.1 Å². The number of benzene rings is 3. The highest BCUT2D eigenvalue weighted by molar-refractivity contribution is 7.92. The first-order valence-corrected chi connectivity index (χ1v) is 13.6. The molecule has 0 atom stereocenters. The van der Waals surface area contributed by atoms with Crippen molar-refractivity contribution in [1.82, 2.24) is 0 Å². The molecule has 198 valence electrons. The fraction of sp³-hybridized carbons (Fsp3) is 0.241. The van der Waals surface area contributed by atoms with E-state index < -0.39 is 22.6 Å². The highest BCUT2D eigenvalue weighted by Crippen LogP contribution is 2.46. The van der Waals surface area contributed by atoms with E-state index >= 15 is 0 Å². The van der Waals surface area contributed by atoms with E-state index in [9.17, 15) is 18.0 Å². The van der Waals surface area contributed by atoms with Crippen LogP contribution in [0.25, 0.3) is 0 Å². The molecule has 0 bridgehead atoms. The van der Waals surface area contributed by atoms with Crippen LogP contribution in [0.5, 0.6) is 5.75 Å². The Hall–Kier alpha value is -4.11. The Balaban J connectivity index is 1.36. The predicted octanol–water partition coefficient (Wildman–Crippen LogP) is 4.92. The van der Waals surface area contributed by atoms with Gasteiger partial charge in [0.1, 0.15) is 5.75 Å². The molecule has 38 heavy (non-hydrogen) atoms. The van der Waals surface area contributed by atoms with E-state index in [4.69, 9.17) is 9.47 Å². The van der Waals surface area contributed by atoms with Gasteiger partial charge >= 0.3 is 5.97 Å². The van der Waals surface area contributed by atoms with Gasteiger partial charge in [0.25, 0.3) is 10.0 Å². The van der Waals surface area contributed by atoms with Crippen molar-refractivity contribution in [2.24, 2.45) is 0 Å². The molecule has 1 aliphatic heterocycles. The van der Waals surface area contributed by atoms with Crippen LogP contribution in [0.4, 0.5) is 11.4 Å².